The lowest BCUT2D eigenvalue weighted by Gasteiger charge is -2.21. The average Bonchev–Trinajstić information content (AvgIpc) is 2.91. The number of aromatic nitrogens is 2. The number of nitrogens with zero attached hydrogens (tertiary/aromatic N) is 4. The molecule has 0 radical (unpaired) electrons. The van der Waals surface area contributed by atoms with Crippen LogP contribution in [0.5, 0.6) is 0 Å². The van der Waals surface area contributed by atoms with Crippen molar-refractivity contribution in [2.75, 3.05) is 18.0 Å². The van der Waals surface area contributed by atoms with Gasteiger partial charge in [-0.25, -0.2) is 4.98 Å². The summed E-state index contributed by atoms with van der Waals surface area (Å²) >= 11 is 0. The molecule has 0 N–H and O–H groups in total. The van der Waals surface area contributed by atoms with Crippen LogP contribution in [0.15, 0.2) is 47.7 Å². The van der Waals surface area contributed by atoms with Crippen molar-refractivity contribution in [2.24, 2.45) is 4.99 Å². The van der Waals surface area contributed by atoms with Crippen LogP contribution in [0.1, 0.15) is 49.9 Å². The first-order valence-electron chi connectivity index (χ1n) is 9.12. The molecule has 1 fully saturated rings. The lowest BCUT2D eigenvalue weighted by atomic mass is 10.2. The SMILES string of the molecule is CC(C)N=c1ccccn1C(=O)c1ccc(N2CCCCCC2)nc1. The van der Waals surface area contributed by atoms with E-state index in [0.717, 1.165) is 18.9 Å². The van der Waals surface area contributed by atoms with Crippen LogP contribution < -0.4 is 10.4 Å². The zero-order valence-corrected chi connectivity index (χ0v) is 15.1. The van der Waals surface area contributed by atoms with E-state index in [9.17, 15) is 4.79 Å². The van der Waals surface area contributed by atoms with Crippen LogP contribution in [0, 0.1) is 0 Å². The number of carbonyl (C=O) groups excluding carboxylic acids is 1. The first kappa shape index (κ1) is 17.4. The molecule has 3 rings (SSSR count). The maximum absolute atomic E-state index is 12.8. The number of rotatable bonds is 3. The molecule has 0 aromatic carbocycles. The summed E-state index contributed by atoms with van der Waals surface area (Å²) in [6, 6.07) is 9.56. The van der Waals surface area contributed by atoms with Crippen LogP contribution >= 0.6 is 0 Å². The molecule has 1 aliphatic rings. The summed E-state index contributed by atoms with van der Waals surface area (Å²) in [6.07, 6.45) is 8.44. The third kappa shape index (κ3) is 4.35. The molecule has 0 bridgehead atoms. The fourth-order valence-electron chi connectivity index (χ4n) is 3.11. The predicted molar refractivity (Wildman–Crippen MR) is 99.8 cm³/mol. The first-order chi connectivity index (χ1) is 12.1. The largest absolute Gasteiger partial charge is 0.357 e. The van der Waals surface area contributed by atoms with E-state index < -0.39 is 0 Å². The molecule has 25 heavy (non-hydrogen) atoms. The van der Waals surface area contributed by atoms with Gasteiger partial charge in [-0.05, 0) is 51.0 Å². The third-order valence-electron chi connectivity index (χ3n) is 4.37. The smallest absolute Gasteiger partial charge is 0.265 e. The standard InChI is InChI=1S/C20H26N4O/c1-16(2)22-19-9-5-8-14-24(19)20(25)17-10-11-18(21-15-17)23-12-6-3-4-7-13-23/h5,8-11,14-16H,3-4,6-7,12-13H2,1-2H3. The molecular weight excluding hydrogens is 312 g/mol. The van der Waals surface area contributed by atoms with Gasteiger partial charge in [-0.1, -0.05) is 18.9 Å². The van der Waals surface area contributed by atoms with E-state index in [1.807, 2.05) is 44.2 Å². The fraction of sp³-hybridized carbons (Fsp3) is 0.450. The van der Waals surface area contributed by atoms with E-state index >= 15 is 0 Å². The van der Waals surface area contributed by atoms with E-state index in [1.54, 1.807) is 17.0 Å². The van der Waals surface area contributed by atoms with E-state index in [-0.39, 0.29) is 11.9 Å². The Morgan fingerprint density at radius 2 is 1.84 bits per heavy atom. The van der Waals surface area contributed by atoms with Crippen LogP contribution in [0.25, 0.3) is 0 Å². The molecule has 2 aromatic heterocycles. The van der Waals surface area contributed by atoms with E-state index in [2.05, 4.69) is 14.9 Å². The summed E-state index contributed by atoms with van der Waals surface area (Å²) < 4.78 is 1.59. The Kier molecular flexibility index (Phi) is 5.64. The van der Waals surface area contributed by atoms with Gasteiger partial charge in [0.1, 0.15) is 11.3 Å². The normalized spacial score (nSPS) is 16.1. The summed E-state index contributed by atoms with van der Waals surface area (Å²) in [5.41, 5.74) is 1.24. The molecule has 2 aromatic rings. The molecule has 0 saturated carbocycles. The van der Waals surface area contributed by atoms with Gasteiger partial charge in [0.05, 0.1) is 5.56 Å². The average molecular weight is 338 g/mol. The second-order valence-electron chi connectivity index (χ2n) is 6.76. The number of pyridine rings is 2. The zero-order valence-electron chi connectivity index (χ0n) is 15.1. The molecule has 0 aliphatic carbocycles. The molecule has 0 atom stereocenters. The van der Waals surface area contributed by atoms with E-state index in [1.165, 1.54) is 25.7 Å². The molecule has 5 nitrogen and oxygen atoms in total. The van der Waals surface area contributed by atoms with Gasteiger partial charge in [0.15, 0.2) is 0 Å². The molecule has 1 aliphatic heterocycles. The lowest BCUT2D eigenvalue weighted by Crippen LogP contribution is -2.28. The fourth-order valence-corrected chi connectivity index (χ4v) is 3.11. The van der Waals surface area contributed by atoms with Gasteiger partial charge in [-0.2, -0.15) is 0 Å². The molecule has 132 valence electrons. The van der Waals surface area contributed by atoms with Crippen molar-refractivity contribution in [3.63, 3.8) is 0 Å². The van der Waals surface area contributed by atoms with Crippen LogP contribution in [-0.2, 0) is 0 Å². The van der Waals surface area contributed by atoms with Crippen LogP contribution in [0.4, 0.5) is 5.82 Å². The first-order valence-corrected chi connectivity index (χ1v) is 9.12. The summed E-state index contributed by atoms with van der Waals surface area (Å²) in [4.78, 5) is 24.2. The number of hydrogen-bond acceptors (Lipinski definition) is 4. The minimum Gasteiger partial charge on any atom is -0.357 e. The number of anilines is 1. The minimum atomic E-state index is -0.102. The van der Waals surface area contributed by atoms with Crippen molar-refractivity contribution in [2.45, 2.75) is 45.6 Å². The Hall–Kier alpha value is -2.43. The molecule has 5 heteroatoms. The Morgan fingerprint density at radius 1 is 1.08 bits per heavy atom. The molecule has 0 unspecified atom stereocenters. The van der Waals surface area contributed by atoms with Crippen molar-refractivity contribution in [1.29, 1.82) is 0 Å². The highest BCUT2D eigenvalue weighted by molar-refractivity contribution is 5.95. The van der Waals surface area contributed by atoms with Crippen molar-refractivity contribution in [3.8, 4) is 0 Å². The highest BCUT2D eigenvalue weighted by Gasteiger charge is 2.13. The molecule has 1 saturated heterocycles. The summed E-state index contributed by atoms with van der Waals surface area (Å²) in [6.45, 7) is 6.09. The van der Waals surface area contributed by atoms with Crippen LogP contribution in [0.3, 0.4) is 0 Å². The van der Waals surface area contributed by atoms with Gasteiger partial charge in [-0.15, -0.1) is 0 Å². The van der Waals surface area contributed by atoms with Crippen LogP contribution in [-0.4, -0.2) is 34.6 Å². The molecule has 0 amide bonds. The quantitative estimate of drug-likeness (QED) is 0.863. The lowest BCUT2D eigenvalue weighted by molar-refractivity contribution is 0.0954. The highest BCUT2D eigenvalue weighted by atomic mass is 16.2. The zero-order chi connectivity index (χ0) is 17.6. The summed E-state index contributed by atoms with van der Waals surface area (Å²) in [5.74, 6) is 0.860. The van der Waals surface area contributed by atoms with Crippen molar-refractivity contribution in [3.05, 3.63) is 53.8 Å². The van der Waals surface area contributed by atoms with Crippen molar-refractivity contribution in [1.82, 2.24) is 9.55 Å². The maximum Gasteiger partial charge on any atom is 0.265 e. The van der Waals surface area contributed by atoms with E-state index in [4.69, 9.17) is 0 Å². The topological polar surface area (TPSA) is 50.5 Å². The monoisotopic (exact) mass is 338 g/mol. The van der Waals surface area contributed by atoms with Gasteiger partial charge in [0.25, 0.3) is 5.91 Å². The van der Waals surface area contributed by atoms with Crippen molar-refractivity contribution >= 4 is 11.7 Å². The van der Waals surface area contributed by atoms with Gasteiger partial charge in [0.2, 0.25) is 0 Å². The van der Waals surface area contributed by atoms with Gasteiger partial charge in [0, 0.05) is 31.5 Å². The van der Waals surface area contributed by atoms with Gasteiger partial charge < -0.3 is 4.90 Å². The second kappa shape index (κ2) is 8.10. The molecular formula is C20H26N4O. The number of carbonyl (C=O) groups is 1. The third-order valence-corrected chi connectivity index (χ3v) is 4.37. The Morgan fingerprint density at radius 3 is 2.48 bits per heavy atom. The Bertz CT molecular complexity index is 769. The Labute approximate surface area is 149 Å². The second-order valence-corrected chi connectivity index (χ2v) is 6.76. The van der Waals surface area contributed by atoms with Gasteiger partial charge in [-0.3, -0.25) is 14.4 Å². The highest BCUT2D eigenvalue weighted by Crippen LogP contribution is 2.17. The maximum atomic E-state index is 12.8. The van der Waals surface area contributed by atoms with Crippen molar-refractivity contribution < 1.29 is 4.79 Å². The minimum absolute atomic E-state index is 0.102. The summed E-state index contributed by atoms with van der Waals surface area (Å²) in [7, 11) is 0. The Balaban J connectivity index is 1.84. The molecule has 0 spiro atoms. The van der Waals surface area contributed by atoms with Gasteiger partial charge >= 0.3 is 0 Å². The van der Waals surface area contributed by atoms with Crippen LogP contribution in [0.2, 0.25) is 0 Å². The summed E-state index contributed by atoms with van der Waals surface area (Å²) in [5, 5.41) is 0. The molecule has 3 heterocycles. The predicted octanol–water partition coefficient (Wildman–Crippen LogP) is 3.26. The van der Waals surface area contributed by atoms with E-state index in [0.29, 0.717) is 11.1 Å². The number of hydrogen-bond donors (Lipinski definition) is 0.